The summed E-state index contributed by atoms with van der Waals surface area (Å²) in [5, 5.41) is 11.0. The van der Waals surface area contributed by atoms with Crippen molar-refractivity contribution in [2.24, 2.45) is 5.84 Å². The van der Waals surface area contributed by atoms with Crippen molar-refractivity contribution in [1.29, 1.82) is 0 Å². The molecule has 0 amide bonds. The Balaban J connectivity index is 3.27. The summed E-state index contributed by atoms with van der Waals surface area (Å²) in [4.78, 5) is 20.2. The van der Waals surface area contributed by atoms with Crippen molar-refractivity contribution in [2.75, 3.05) is 16.9 Å². The van der Waals surface area contributed by atoms with Crippen LogP contribution in [0.5, 0.6) is 0 Å². The molecule has 0 aromatic carbocycles. The van der Waals surface area contributed by atoms with Crippen molar-refractivity contribution in [3.63, 3.8) is 0 Å². The van der Waals surface area contributed by atoms with E-state index in [1.165, 1.54) is 6.20 Å². The van der Waals surface area contributed by atoms with Gasteiger partial charge in [0.15, 0.2) is 0 Å². The molecular formula is C10H18N6O2. The van der Waals surface area contributed by atoms with Crippen LogP contribution in [0.3, 0.4) is 0 Å². The van der Waals surface area contributed by atoms with Crippen LogP contribution in [0.1, 0.15) is 27.2 Å². The minimum absolute atomic E-state index is 0.101. The zero-order chi connectivity index (χ0) is 13.7. The molecule has 0 bridgehead atoms. The number of nitrogens with two attached hydrogens (primary N) is 1. The average Bonchev–Trinajstić information content (AvgIpc) is 2.34. The van der Waals surface area contributed by atoms with Crippen LogP contribution in [0.25, 0.3) is 0 Å². The molecule has 0 saturated heterocycles. The molecule has 1 rings (SSSR count). The molecule has 3 N–H and O–H groups in total. The van der Waals surface area contributed by atoms with E-state index in [0.29, 0.717) is 12.4 Å². The van der Waals surface area contributed by atoms with Gasteiger partial charge in [-0.1, -0.05) is 6.92 Å². The molecule has 100 valence electrons. The summed E-state index contributed by atoms with van der Waals surface area (Å²) in [5.41, 5.74) is 2.18. The first-order chi connectivity index (χ1) is 8.51. The molecule has 8 heteroatoms. The molecule has 1 heterocycles. The Labute approximate surface area is 105 Å². The lowest BCUT2D eigenvalue weighted by Gasteiger charge is -2.26. The second-order valence-corrected chi connectivity index (χ2v) is 4.09. The van der Waals surface area contributed by atoms with Crippen LogP contribution in [0.15, 0.2) is 6.20 Å². The quantitative estimate of drug-likeness (QED) is 0.447. The Kier molecular flexibility index (Phi) is 4.78. The molecular weight excluding hydrogens is 236 g/mol. The van der Waals surface area contributed by atoms with E-state index in [9.17, 15) is 10.1 Å². The smallest absolute Gasteiger partial charge is 0.329 e. The maximum atomic E-state index is 11.0. The number of hydrogen-bond acceptors (Lipinski definition) is 7. The van der Waals surface area contributed by atoms with Crippen molar-refractivity contribution in [3.8, 4) is 0 Å². The largest absolute Gasteiger partial charge is 0.348 e. The van der Waals surface area contributed by atoms with Crippen molar-refractivity contribution in [1.82, 2.24) is 9.97 Å². The van der Waals surface area contributed by atoms with Gasteiger partial charge in [-0.25, -0.2) is 10.8 Å². The maximum Gasteiger partial charge on any atom is 0.329 e. The van der Waals surface area contributed by atoms with Gasteiger partial charge in [-0.3, -0.25) is 15.5 Å². The van der Waals surface area contributed by atoms with Crippen LogP contribution in [0, 0.1) is 10.1 Å². The van der Waals surface area contributed by atoms with Gasteiger partial charge in [0.25, 0.3) is 0 Å². The molecule has 1 aromatic rings. The van der Waals surface area contributed by atoms with E-state index in [2.05, 4.69) is 15.4 Å². The van der Waals surface area contributed by atoms with Crippen LogP contribution < -0.4 is 16.2 Å². The molecule has 0 spiro atoms. The fourth-order valence-electron chi connectivity index (χ4n) is 1.63. The summed E-state index contributed by atoms with van der Waals surface area (Å²) in [6.07, 6.45) is 2.04. The number of nitrogens with one attached hydrogen (secondary N) is 1. The maximum absolute atomic E-state index is 11.0. The molecule has 0 saturated carbocycles. The number of nitro groups is 1. The molecule has 0 aliphatic heterocycles. The minimum Gasteiger partial charge on any atom is -0.348 e. The predicted octanol–water partition coefficient (Wildman–Crippen LogP) is 1.30. The van der Waals surface area contributed by atoms with Gasteiger partial charge in [-0.05, 0) is 20.3 Å². The molecule has 0 aliphatic rings. The van der Waals surface area contributed by atoms with Gasteiger partial charge in [0.2, 0.25) is 11.8 Å². The fourth-order valence-corrected chi connectivity index (χ4v) is 1.63. The topological polar surface area (TPSA) is 110 Å². The number of hydrogen-bond donors (Lipinski definition) is 2. The van der Waals surface area contributed by atoms with Gasteiger partial charge in [0.1, 0.15) is 6.20 Å². The summed E-state index contributed by atoms with van der Waals surface area (Å²) in [5.74, 6) is 5.69. The van der Waals surface area contributed by atoms with E-state index < -0.39 is 4.92 Å². The number of anilines is 2. The van der Waals surface area contributed by atoms with Crippen LogP contribution in [0.2, 0.25) is 0 Å². The van der Waals surface area contributed by atoms with Gasteiger partial charge in [0.05, 0.1) is 4.92 Å². The number of nitrogen functional groups attached to an aromatic ring is 1. The van der Waals surface area contributed by atoms with E-state index in [1.54, 1.807) is 0 Å². The Hall–Kier alpha value is -1.96. The van der Waals surface area contributed by atoms with E-state index in [0.717, 1.165) is 6.42 Å². The summed E-state index contributed by atoms with van der Waals surface area (Å²) < 4.78 is 0. The van der Waals surface area contributed by atoms with Gasteiger partial charge >= 0.3 is 5.69 Å². The Morgan fingerprint density at radius 3 is 2.72 bits per heavy atom. The predicted molar refractivity (Wildman–Crippen MR) is 69.3 cm³/mol. The number of nitrogens with zero attached hydrogens (tertiary/aromatic N) is 4. The fraction of sp³-hybridized carbons (Fsp3) is 0.600. The minimum atomic E-state index is -0.485. The van der Waals surface area contributed by atoms with Crippen LogP contribution in [0.4, 0.5) is 17.5 Å². The molecule has 8 nitrogen and oxygen atoms in total. The van der Waals surface area contributed by atoms with E-state index >= 15 is 0 Å². The van der Waals surface area contributed by atoms with E-state index in [4.69, 9.17) is 5.84 Å². The highest BCUT2D eigenvalue weighted by Crippen LogP contribution is 2.27. The third kappa shape index (κ3) is 3.04. The molecule has 0 aliphatic carbocycles. The van der Waals surface area contributed by atoms with Gasteiger partial charge in [-0.2, -0.15) is 4.98 Å². The molecule has 0 radical (unpaired) electrons. The summed E-state index contributed by atoms with van der Waals surface area (Å²) in [6.45, 7) is 6.60. The first-order valence-corrected chi connectivity index (χ1v) is 5.75. The molecule has 18 heavy (non-hydrogen) atoms. The van der Waals surface area contributed by atoms with Gasteiger partial charge in [-0.15, -0.1) is 0 Å². The lowest BCUT2D eigenvalue weighted by atomic mass is 10.2. The summed E-state index contributed by atoms with van der Waals surface area (Å²) in [6, 6.07) is 0.101. The summed E-state index contributed by atoms with van der Waals surface area (Å²) >= 11 is 0. The van der Waals surface area contributed by atoms with E-state index in [-0.39, 0.29) is 17.7 Å². The molecule has 1 aromatic heterocycles. The zero-order valence-electron chi connectivity index (χ0n) is 10.8. The highest BCUT2D eigenvalue weighted by Gasteiger charge is 2.24. The number of aromatic nitrogens is 2. The molecule has 0 atom stereocenters. The number of rotatable bonds is 6. The zero-order valence-corrected chi connectivity index (χ0v) is 10.8. The highest BCUT2D eigenvalue weighted by atomic mass is 16.6. The third-order valence-electron chi connectivity index (χ3n) is 2.44. The first kappa shape index (κ1) is 14.1. The highest BCUT2D eigenvalue weighted by molar-refractivity contribution is 5.59. The Bertz CT molecular complexity index is 423. The second kappa shape index (κ2) is 6.10. The molecule has 0 fully saturated rings. The standard InChI is InChI=1S/C10H18N6O2/c1-4-5-15(7(2)3)9-8(16(17)18)6-12-10(13-9)14-11/h6-7H,4-5,11H2,1-3H3,(H,12,13,14). The van der Waals surface area contributed by atoms with Gasteiger partial charge in [0, 0.05) is 12.6 Å². The number of hydrazine groups is 1. The third-order valence-corrected chi connectivity index (χ3v) is 2.44. The van der Waals surface area contributed by atoms with Crippen molar-refractivity contribution in [3.05, 3.63) is 16.3 Å². The lowest BCUT2D eigenvalue weighted by Crippen LogP contribution is -2.33. The van der Waals surface area contributed by atoms with Crippen LogP contribution in [-0.4, -0.2) is 27.5 Å². The first-order valence-electron chi connectivity index (χ1n) is 5.75. The Morgan fingerprint density at radius 2 is 2.28 bits per heavy atom. The van der Waals surface area contributed by atoms with Crippen molar-refractivity contribution >= 4 is 17.5 Å². The normalized spacial score (nSPS) is 10.5. The van der Waals surface area contributed by atoms with Crippen LogP contribution in [-0.2, 0) is 0 Å². The lowest BCUT2D eigenvalue weighted by molar-refractivity contribution is -0.384. The van der Waals surface area contributed by atoms with Crippen molar-refractivity contribution < 1.29 is 4.92 Å². The monoisotopic (exact) mass is 254 g/mol. The van der Waals surface area contributed by atoms with Gasteiger partial charge < -0.3 is 4.90 Å². The van der Waals surface area contributed by atoms with Crippen molar-refractivity contribution in [2.45, 2.75) is 33.2 Å². The molecule has 0 unspecified atom stereocenters. The summed E-state index contributed by atoms with van der Waals surface area (Å²) in [7, 11) is 0. The second-order valence-electron chi connectivity index (χ2n) is 4.09. The van der Waals surface area contributed by atoms with Crippen LogP contribution >= 0.6 is 0 Å². The average molecular weight is 254 g/mol. The Morgan fingerprint density at radius 1 is 1.61 bits per heavy atom. The van der Waals surface area contributed by atoms with E-state index in [1.807, 2.05) is 25.7 Å². The SMILES string of the molecule is CCCN(c1nc(NN)ncc1[N+](=O)[O-])C(C)C.